The third-order valence-corrected chi connectivity index (χ3v) is 5.74. The molecule has 34 heavy (non-hydrogen) atoms. The molecule has 0 bridgehead atoms. The molecule has 4 aromatic rings. The van der Waals surface area contributed by atoms with Gasteiger partial charge in [0.05, 0.1) is 37.2 Å². The molecule has 0 spiro atoms. The zero-order valence-corrected chi connectivity index (χ0v) is 20.0. The Labute approximate surface area is 199 Å². The van der Waals surface area contributed by atoms with E-state index in [4.69, 9.17) is 14.5 Å². The Bertz CT molecular complexity index is 1390. The quantitative estimate of drug-likeness (QED) is 0.304. The number of ether oxygens (including phenoxy) is 2. The van der Waals surface area contributed by atoms with Crippen molar-refractivity contribution in [3.63, 3.8) is 0 Å². The molecule has 1 amide bonds. The summed E-state index contributed by atoms with van der Waals surface area (Å²) in [6.07, 6.45) is 1.69. The fraction of sp³-hybridized carbons (Fsp3) is 0.179. The van der Waals surface area contributed by atoms with Crippen LogP contribution < -0.4 is 14.9 Å². The number of amides is 1. The van der Waals surface area contributed by atoms with Gasteiger partial charge in [-0.05, 0) is 62.2 Å². The SMILES string of the molecule is COc1ccc(OC)c(-c2cc(C(=O)N/N=C/c3c(C)cc(C)cc3C)c3ccccc3n2)c1. The van der Waals surface area contributed by atoms with Crippen LogP contribution in [0, 0.1) is 20.8 Å². The minimum absolute atomic E-state index is 0.319. The second kappa shape index (κ2) is 9.75. The molecule has 6 nitrogen and oxygen atoms in total. The van der Waals surface area contributed by atoms with Crippen molar-refractivity contribution in [3.8, 4) is 22.8 Å². The van der Waals surface area contributed by atoms with Gasteiger partial charge >= 0.3 is 0 Å². The molecule has 1 heterocycles. The van der Waals surface area contributed by atoms with Crippen LogP contribution in [0.4, 0.5) is 0 Å². The number of hydrogen-bond acceptors (Lipinski definition) is 5. The number of aryl methyl sites for hydroxylation is 3. The van der Waals surface area contributed by atoms with E-state index in [2.05, 4.69) is 29.6 Å². The van der Waals surface area contributed by atoms with Crippen LogP contribution in [0.25, 0.3) is 22.2 Å². The van der Waals surface area contributed by atoms with Crippen LogP contribution in [0.5, 0.6) is 11.5 Å². The number of benzene rings is 3. The van der Waals surface area contributed by atoms with Crippen molar-refractivity contribution >= 4 is 23.0 Å². The summed E-state index contributed by atoms with van der Waals surface area (Å²) < 4.78 is 10.9. The number of pyridine rings is 1. The van der Waals surface area contributed by atoms with Gasteiger partial charge in [-0.3, -0.25) is 4.79 Å². The lowest BCUT2D eigenvalue weighted by atomic mass is 10.0. The average molecular weight is 454 g/mol. The van der Waals surface area contributed by atoms with Crippen LogP contribution in [0.2, 0.25) is 0 Å². The number of hydrazone groups is 1. The van der Waals surface area contributed by atoms with E-state index >= 15 is 0 Å². The first-order valence-electron chi connectivity index (χ1n) is 10.9. The number of aromatic nitrogens is 1. The summed E-state index contributed by atoms with van der Waals surface area (Å²) in [7, 11) is 3.21. The number of fused-ring (bicyclic) bond motifs is 1. The number of hydrogen-bond donors (Lipinski definition) is 1. The molecule has 3 aromatic carbocycles. The number of nitrogens with zero attached hydrogens (tertiary/aromatic N) is 2. The number of nitrogens with one attached hydrogen (secondary N) is 1. The second-order valence-corrected chi connectivity index (χ2v) is 8.15. The fourth-order valence-corrected chi connectivity index (χ4v) is 4.13. The summed E-state index contributed by atoms with van der Waals surface area (Å²) >= 11 is 0. The van der Waals surface area contributed by atoms with Crippen molar-refractivity contribution in [3.05, 3.63) is 88.5 Å². The Morgan fingerprint density at radius 2 is 1.68 bits per heavy atom. The third kappa shape index (κ3) is 4.62. The predicted molar refractivity (Wildman–Crippen MR) is 136 cm³/mol. The van der Waals surface area contributed by atoms with E-state index in [-0.39, 0.29) is 5.91 Å². The van der Waals surface area contributed by atoms with Gasteiger partial charge in [0, 0.05) is 16.5 Å². The van der Waals surface area contributed by atoms with Crippen LogP contribution in [-0.4, -0.2) is 31.3 Å². The molecule has 0 aliphatic carbocycles. The van der Waals surface area contributed by atoms with Crippen molar-refractivity contribution in [2.75, 3.05) is 14.2 Å². The lowest BCUT2D eigenvalue weighted by Gasteiger charge is -2.13. The van der Waals surface area contributed by atoms with Crippen LogP contribution in [0.1, 0.15) is 32.6 Å². The summed E-state index contributed by atoms with van der Waals surface area (Å²) in [5.41, 5.74) is 9.60. The Balaban J connectivity index is 1.74. The Hall–Kier alpha value is -4.19. The van der Waals surface area contributed by atoms with Crippen LogP contribution >= 0.6 is 0 Å². The molecule has 0 aliphatic heterocycles. The molecule has 0 fully saturated rings. The van der Waals surface area contributed by atoms with Gasteiger partial charge < -0.3 is 9.47 Å². The molecule has 4 rings (SSSR count). The summed E-state index contributed by atoms with van der Waals surface area (Å²) in [6, 6.07) is 19.0. The van der Waals surface area contributed by atoms with Gasteiger partial charge in [0.25, 0.3) is 5.91 Å². The standard InChI is InChI=1S/C28H27N3O3/c1-17-12-18(2)24(19(3)13-17)16-29-31-28(32)22-15-26(30-25-9-7-6-8-21(22)25)23-14-20(33-4)10-11-27(23)34-5/h6-16H,1-5H3,(H,31,32)/b29-16+. The lowest BCUT2D eigenvalue weighted by molar-refractivity contribution is 0.0956. The Morgan fingerprint density at radius 3 is 2.38 bits per heavy atom. The minimum atomic E-state index is -0.319. The summed E-state index contributed by atoms with van der Waals surface area (Å²) in [5, 5.41) is 4.99. The molecule has 0 radical (unpaired) electrons. The first kappa shape index (κ1) is 23.0. The minimum Gasteiger partial charge on any atom is -0.497 e. The normalized spacial score (nSPS) is 11.1. The second-order valence-electron chi connectivity index (χ2n) is 8.15. The molecule has 0 unspecified atom stereocenters. The van der Waals surface area contributed by atoms with E-state index in [1.807, 2.05) is 56.3 Å². The average Bonchev–Trinajstić information content (AvgIpc) is 2.84. The lowest BCUT2D eigenvalue weighted by Crippen LogP contribution is -2.18. The molecule has 172 valence electrons. The maximum atomic E-state index is 13.2. The highest BCUT2D eigenvalue weighted by atomic mass is 16.5. The summed E-state index contributed by atoms with van der Waals surface area (Å²) in [4.78, 5) is 18.0. The smallest absolute Gasteiger partial charge is 0.272 e. The molecule has 0 saturated heterocycles. The maximum Gasteiger partial charge on any atom is 0.272 e. The van der Waals surface area contributed by atoms with Gasteiger partial charge in [-0.15, -0.1) is 0 Å². The van der Waals surface area contributed by atoms with Crippen LogP contribution in [0.15, 0.2) is 65.8 Å². The molecule has 0 aliphatic rings. The number of rotatable bonds is 6. The van der Waals surface area contributed by atoms with Crippen molar-refractivity contribution in [1.29, 1.82) is 0 Å². The third-order valence-electron chi connectivity index (χ3n) is 5.74. The van der Waals surface area contributed by atoms with E-state index in [9.17, 15) is 4.79 Å². The molecule has 1 aromatic heterocycles. The Kier molecular flexibility index (Phi) is 6.59. The van der Waals surface area contributed by atoms with Crippen LogP contribution in [0.3, 0.4) is 0 Å². The number of methoxy groups -OCH3 is 2. The first-order valence-corrected chi connectivity index (χ1v) is 10.9. The fourth-order valence-electron chi connectivity index (χ4n) is 4.13. The van der Waals surface area contributed by atoms with Crippen molar-refractivity contribution in [1.82, 2.24) is 10.4 Å². The molecule has 0 atom stereocenters. The highest BCUT2D eigenvalue weighted by molar-refractivity contribution is 6.07. The van der Waals surface area contributed by atoms with Gasteiger partial charge in [-0.1, -0.05) is 35.9 Å². The summed E-state index contributed by atoms with van der Waals surface area (Å²) in [5.74, 6) is 0.990. The molecule has 1 N–H and O–H groups in total. The van der Waals surface area contributed by atoms with E-state index in [0.29, 0.717) is 28.3 Å². The van der Waals surface area contributed by atoms with Gasteiger partial charge in [-0.2, -0.15) is 5.10 Å². The molecular formula is C28H27N3O3. The zero-order chi connectivity index (χ0) is 24.2. The molecular weight excluding hydrogens is 426 g/mol. The molecule has 6 heteroatoms. The number of carbonyl (C=O) groups is 1. The summed E-state index contributed by atoms with van der Waals surface area (Å²) in [6.45, 7) is 6.13. The van der Waals surface area contributed by atoms with E-state index < -0.39 is 0 Å². The van der Waals surface area contributed by atoms with Crippen molar-refractivity contribution in [2.24, 2.45) is 5.10 Å². The molecule has 0 saturated carbocycles. The monoisotopic (exact) mass is 453 g/mol. The van der Waals surface area contributed by atoms with E-state index in [1.165, 1.54) is 5.56 Å². The van der Waals surface area contributed by atoms with Gasteiger partial charge in [-0.25, -0.2) is 10.4 Å². The van der Waals surface area contributed by atoms with Crippen molar-refractivity contribution < 1.29 is 14.3 Å². The largest absolute Gasteiger partial charge is 0.497 e. The van der Waals surface area contributed by atoms with E-state index in [0.717, 1.165) is 27.6 Å². The van der Waals surface area contributed by atoms with E-state index in [1.54, 1.807) is 26.5 Å². The maximum absolute atomic E-state index is 13.2. The highest BCUT2D eigenvalue weighted by Crippen LogP contribution is 2.34. The van der Waals surface area contributed by atoms with Gasteiger partial charge in [0.2, 0.25) is 0 Å². The predicted octanol–water partition coefficient (Wildman–Crippen LogP) is 5.61. The number of para-hydroxylation sites is 1. The van der Waals surface area contributed by atoms with Gasteiger partial charge in [0.1, 0.15) is 11.5 Å². The zero-order valence-electron chi connectivity index (χ0n) is 20.0. The van der Waals surface area contributed by atoms with Gasteiger partial charge in [0.15, 0.2) is 0 Å². The Morgan fingerprint density at radius 1 is 0.941 bits per heavy atom. The number of carbonyl (C=O) groups excluding carboxylic acids is 1. The topological polar surface area (TPSA) is 72.8 Å². The highest BCUT2D eigenvalue weighted by Gasteiger charge is 2.16. The first-order chi connectivity index (χ1) is 16.4. The van der Waals surface area contributed by atoms with Crippen molar-refractivity contribution in [2.45, 2.75) is 20.8 Å². The van der Waals surface area contributed by atoms with Crippen LogP contribution in [-0.2, 0) is 0 Å².